The molecular formula is C18H28N2O6S. The first-order valence-electron chi connectivity index (χ1n) is 8.99. The van der Waals surface area contributed by atoms with Crippen LogP contribution in [0.25, 0.3) is 0 Å². The van der Waals surface area contributed by atoms with Crippen molar-refractivity contribution in [3.05, 3.63) is 24.3 Å². The van der Waals surface area contributed by atoms with Crippen molar-refractivity contribution < 1.29 is 27.5 Å². The molecule has 0 fully saturated rings. The van der Waals surface area contributed by atoms with Gasteiger partial charge < -0.3 is 14.8 Å². The first kappa shape index (κ1) is 22.9. The molecule has 0 aliphatic heterocycles. The predicted molar refractivity (Wildman–Crippen MR) is 101 cm³/mol. The normalized spacial score (nSPS) is 11.3. The minimum Gasteiger partial charge on any atom is -0.494 e. The number of carbonyl (C=O) groups excluding carboxylic acids is 2. The van der Waals surface area contributed by atoms with Gasteiger partial charge >= 0.3 is 5.97 Å². The van der Waals surface area contributed by atoms with Gasteiger partial charge in [-0.1, -0.05) is 13.8 Å². The summed E-state index contributed by atoms with van der Waals surface area (Å²) >= 11 is 0. The summed E-state index contributed by atoms with van der Waals surface area (Å²) in [5.74, 6) is -0.442. The van der Waals surface area contributed by atoms with Crippen LogP contribution in [0.3, 0.4) is 0 Å². The monoisotopic (exact) mass is 400 g/mol. The van der Waals surface area contributed by atoms with E-state index in [1.807, 2.05) is 20.8 Å². The van der Waals surface area contributed by atoms with E-state index in [1.54, 1.807) is 12.1 Å². The van der Waals surface area contributed by atoms with Gasteiger partial charge in [0.15, 0.2) is 6.61 Å². The summed E-state index contributed by atoms with van der Waals surface area (Å²) < 4.78 is 36.8. The van der Waals surface area contributed by atoms with Crippen molar-refractivity contribution in [2.75, 3.05) is 19.8 Å². The number of esters is 1. The van der Waals surface area contributed by atoms with Crippen molar-refractivity contribution in [2.45, 2.75) is 51.0 Å². The van der Waals surface area contributed by atoms with Crippen molar-refractivity contribution in [1.82, 2.24) is 10.0 Å². The Morgan fingerprint density at radius 2 is 1.70 bits per heavy atom. The van der Waals surface area contributed by atoms with Crippen LogP contribution in [-0.4, -0.2) is 46.1 Å². The smallest absolute Gasteiger partial charge is 0.307 e. The summed E-state index contributed by atoms with van der Waals surface area (Å²) in [6.45, 7) is 5.74. The van der Waals surface area contributed by atoms with Gasteiger partial charge in [-0.25, -0.2) is 13.1 Å². The molecule has 152 valence electrons. The van der Waals surface area contributed by atoms with Crippen LogP contribution in [0.1, 0.15) is 40.0 Å². The quantitative estimate of drug-likeness (QED) is 0.516. The minimum absolute atomic E-state index is 0.0529. The van der Waals surface area contributed by atoms with Crippen LogP contribution in [0.15, 0.2) is 29.2 Å². The van der Waals surface area contributed by atoms with Gasteiger partial charge in [-0.15, -0.1) is 0 Å². The van der Waals surface area contributed by atoms with Gasteiger partial charge in [-0.2, -0.15) is 0 Å². The van der Waals surface area contributed by atoms with Gasteiger partial charge in [0.05, 0.1) is 17.9 Å². The Morgan fingerprint density at radius 1 is 1.07 bits per heavy atom. The topological polar surface area (TPSA) is 111 Å². The third kappa shape index (κ3) is 8.40. The molecule has 27 heavy (non-hydrogen) atoms. The zero-order chi connectivity index (χ0) is 20.3. The lowest BCUT2D eigenvalue weighted by atomic mass is 10.2. The van der Waals surface area contributed by atoms with Crippen LogP contribution in [0, 0.1) is 0 Å². The number of benzene rings is 1. The standard InChI is InChI=1S/C18H28N2O6S/c1-4-14(5-2)20-17(21)13-26-18(22)11-12-19-27(23,24)16-9-7-15(8-10-16)25-6-3/h7-10,14,19H,4-6,11-13H2,1-3H3,(H,20,21). The second-order valence-electron chi connectivity index (χ2n) is 5.79. The minimum atomic E-state index is -3.73. The number of hydrogen-bond donors (Lipinski definition) is 2. The number of nitrogens with one attached hydrogen (secondary N) is 2. The van der Waals surface area contributed by atoms with E-state index in [4.69, 9.17) is 9.47 Å². The largest absolute Gasteiger partial charge is 0.494 e. The maximum Gasteiger partial charge on any atom is 0.307 e. The summed E-state index contributed by atoms with van der Waals surface area (Å²) in [5.41, 5.74) is 0. The van der Waals surface area contributed by atoms with Crippen LogP contribution in [0.2, 0.25) is 0 Å². The van der Waals surface area contributed by atoms with E-state index in [0.717, 1.165) is 12.8 Å². The summed E-state index contributed by atoms with van der Waals surface area (Å²) in [5, 5.41) is 2.75. The zero-order valence-electron chi connectivity index (χ0n) is 16.0. The van der Waals surface area contributed by atoms with Crippen molar-refractivity contribution in [1.29, 1.82) is 0 Å². The van der Waals surface area contributed by atoms with Gasteiger partial charge in [0, 0.05) is 12.6 Å². The highest BCUT2D eigenvalue weighted by Crippen LogP contribution is 2.15. The number of amides is 1. The Morgan fingerprint density at radius 3 is 2.26 bits per heavy atom. The Balaban J connectivity index is 2.38. The molecule has 0 saturated carbocycles. The lowest BCUT2D eigenvalue weighted by Gasteiger charge is -2.14. The third-order valence-corrected chi connectivity index (χ3v) is 5.26. The highest BCUT2D eigenvalue weighted by atomic mass is 32.2. The van der Waals surface area contributed by atoms with Crippen LogP contribution in [0.5, 0.6) is 5.75 Å². The van der Waals surface area contributed by atoms with Gasteiger partial charge in [-0.3, -0.25) is 9.59 Å². The highest BCUT2D eigenvalue weighted by molar-refractivity contribution is 7.89. The molecule has 0 radical (unpaired) electrons. The Hall–Kier alpha value is -2.13. The second-order valence-corrected chi connectivity index (χ2v) is 7.56. The molecule has 0 spiro atoms. The summed E-state index contributed by atoms with van der Waals surface area (Å²) in [6, 6.07) is 6.02. The molecule has 0 atom stereocenters. The fraction of sp³-hybridized carbons (Fsp3) is 0.556. The van der Waals surface area contributed by atoms with Gasteiger partial charge in [0.1, 0.15) is 5.75 Å². The molecule has 8 nitrogen and oxygen atoms in total. The van der Waals surface area contributed by atoms with Gasteiger partial charge in [-0.05, 0) is 44.0 Å². The van der Waals surface area contributed by atoms with E-state index in [2.05, 4.69) is 10.0 Å². The second kappa shape index (κ2) is 11.6. The molecule has 0 aromatic heterocycles. The third-order valence-electron chi connectivity index (χ3n) is 3.78. The summed E-state index contributed by atoms with van der Waals surface area (Å²) in [6.07, 6.45) is 1.42. The lowest BCUT2D eigenvalue weighted by Crippen LogP contribution is -2.37. The van der Waals surface area contributed by atoms with E-state index >= 15 is 0 Å². The maximum atomic E-state index is 12.2. The van der Waals surface area contributed by atoms with E-state index < -0.39 is 16.0 Å². The number of hydrogen-bond acceptors (Lipinski definition) is 6. The molecule has 0 heterocycles. The molecule has 0 saturated heterocycles. The van der Waals surface area contributed by atoms with Crippen molar-refractivity contribution in [3.8, 4) is 5.75 Å². The van der Waals surface area contributed by atoms with Gasteiger partial charge in [0.2, 0.25) is 10.0 Å². The molecule has 1 aromatic rings. The Labute approximate surface area is 160 Å². The maximum absolute atomic E-state index is 12.2. The van der Waals surface area contributed by atoms with E-state index in [-0.39, 0.29) is 36.4 Å². The molecular weight excluding hydrogens is 372 g/mol. The lowest BCUT2D eigenvalue weighted by molar-refractivity contribution is -0.148. The van der Waals surface area contributed by atoms with E-state index in [1.165, 1.54) is 12.1 Å². The van der Waals surface area contributed by atoms with E-state index in [0.29, 0.717) is 12.4 Å². The Bertz CT molecular complexity index is 699. The number of rotatable bonds is 12. The molecule has 0 aliphatic rings. The molecule has 1 aromatic carbocycles. The Kier molecular flexibility index (Phi) is 9.81. The van der Waals surface area contributed by atoms with Crippen molar-refractivity contribution in [2.24, 2.45) is 0 Å². The first-order chi connectivity index (χ1) is 12.8. The van der Waals surface area contributed by atoms with Crippen LogP contribution >= 0.6 is 0 Å². The highest BCUT2D eigenvalue weighted by Gasteiger charge is 2.15. The number of ether oxygens (including phenoxy) is 2. The zero-order valence-corrected chi connectivity index (χ0v) is 16.8. The fourth-order valence-electron chi connectivity index (χ4n) is 2.23. The van der Waals surface area contributed by atoms with E-state index in [9.17, 15) is 18.0 Å². The van der Waals surface area contributed by atoms with Crippen LogP contribution < -0.4 is 14.8 Å². The SMILES string of the molecule is CCOc1ccc(S(=O)(=O)NCCC(=O)OCC(=O)NC(CC)CC)cc1. The summed E-state index contributed by atoms with van der Waals surface area (Å²) in [4.78, 5) is 23.4. The molecule has 1 rings (SSSR count). The van der Waals surface area contributed by atoms with Crippen LogP contribution in [-0.2, 0) is 24.3 Å². The molecule has 0 aliphatic carbocycles. The summed E-state index contributed by atoms with van der Waals surface area (Å²) in [7, 11) is -3.73. The fourth-order valence-corrected chi connectivity index (χ4v) is 3.26. The molecule has 2 N–H and O–H groups in total. The average Bonchev–Trinajstić information content (AvgIpc) is 2.65. The van der Waals surface area contributed by atoms with Gasteiger partial charge in [0.25, 0.3) is 5.91 Å². The number of sulfonamides is 1. The van der Waals surface area contributed by atoms with Crippen molar-refractivity contribution >= 4 is 21.9 Å². The molecule has 0 bridgehead atoms. The number of carbonyl (C=O) groups is 2. The average molecular weight is 400 g/mol. The first-order valence-corrected chi connectivity index (χ1v) is 10.5. The predicted octanol–water partition coefficient (Wildman–Crippen LogP) is 1.60. The molecule has 0 unspecified atom stereocenters. The van der Waals surface area contributed by atoms with Crippen LogP contribution in [0.4, 0.5) is 0 Å². The molecule has 1 amide bonds. The van der Waals surface area contributed by atoms with Crippen molar-refractivity contribution in [3.63, 3.8) is 0 Å². The molecule has 9 heteroatoms.